The minimum Gasteiger partial charge on any atom is -0.366 e. The van der Waals surface area contributed by atoms with Gasteiger partial charge < -0.3 is 4.90 Å². The lowest BCUT2D eigenvalue weighted by atomic mass is 10.6. The first-order valence-electron chi connectivity index (χ1n) is 3.80. The van der Waals surface area contributed by atoms with Crippen LogP contribution in [0.15, 0.2) is 22.0 Å². The molecule has 13 heavy (non-hydrogen) atoms. The molecule has 0 unspecified atom stereocenters. The molecule has 1 rings (SSSR count). The van der Waals surface area contributed by atoms with Crippen LogP contribution >= 0.6 is 15.9 Å². The maximum atomic E-state index is 4.25. The molecule has 0 aliphatic carbocycles. The Hall–Kier alpha value is -0.970. The Labute approximate surface area is 85.9 Å². The highest BCUT2D eigenvalue weighted by molar-refractivity contribution is 9.10. The quantitative estimate of drug-likeness (QED) is 0.558. The molecule has 0 amide bonds. The van der Waals surface area contributed by atoms with E-state index in [1.807, 2.05) is 25.9 Å². The third kappa shape index (κ3) is 3.10. The van der Waals surface area contributed by atoms with Crippen molar-refractivity contribution in [3.05, 3.63) is 17.0 Å². The number of hydrogen-bond acceptors (Lipinski definition) is 3. The van der Waals surface area contributed by atoms with Gasteiger partial charge in [-0.1, -0.05) is 0 Å². The van der Waals surface area contributed by atoms with Crippen LogP contribution in [-0.2, 0) is 0 Å². The van der Waals surface area contributed by atoms with Crippen LogP contribution in [0.25, 0.3) is 0 Å². The number of rotatable bonds is 1. The zero-order valence-corrected chi connectivity index (χ0v) is 9.41. The number of aromatic nitrogens is 2. The van der Waals surface area contributed by atoms with E-state index < -0.39 is 0 Å². The molecule has 0 saturated carbocycles. The molecule has 4 nitrogen and oxygen atoms in total. The normalized spacial score (nSPS) is 11.5. The summed E-state index contributed by atoms with van der Waals surface area (Å²) < 4.78 is 0.717. The molecule has 0 saturated heterocycles. The van der Waals surface area contributed by atoms with Crippen LogP contribution in [0.5, 0.6) is 0 Å². The van der Waals surface area contributed by atoms with Gasteiger partial charge in [0.25, 0.3) is 0 Å². The van der Waals surface area contributed by atoms with Gasteiger partial charge in [-0.2, -0.15) is 0 Å². The topological polar surface area (TPSA) is 41.4 Å². The zero-order chi connectivity index (χ0) is 9.84. The van der Waals surface area contributed by atoms with Crippen molar-refractivity contribution < 1.29 is 0 Å². The third-order valence-corrected chi connectivity index (χ3v) is 1.94. The molecule has 0 fully saturated rings. The van der Waals surface area contributed by atoms with Gasteiger partial charge in [-0.3, -0.25) is 0 Å². The summed E-state index contributed by atoms with van der Waals surface area (Å²) in [5.41, 5.74) is 0. The lowest BCUT2D eigenvalue weighted by Gasteiger charge is -2.10. The van der Waals surface area contributed by atoms with Gasteiger partial charge in [0.15, 0.2) is 5.82 Å². The standard InChI is InChI=1S/C8H11BrN4/c1-6(13(2)3)12-8-5-10-7(9)4-11-8/h4-5H,1-3H3. The van der Waals surface area contributed by atoms with Crippen LogP contribution in [0.2, 0.25) is 0 Å². The fraction of sp³-hybridized carbons (Fsp3) is 0.375. The molecule has 0 spiro atoms. The zero-order valence-electron chi connectivity index (χ0n) is 7.82. The first-order chi connectivity index (χ1) is 6.09. The number of halogens is 1. The van der Waals surface area contributed by atoms with Gasteiger partial charge in [0.05, 0.1) is 12.4 Å². The summed E-state index contributed by atoms with van der Waals surface area (Å²) in [5.74, 6) is 1.52. The summed E-state index contributed by atoms with van der Waals surface area (Å²) in [6.07, 6.45) is 3.25. The van der Waals surface area contributed by atoms with Crippen LogP contribution in [-0.4, -0.2) is 34.8 Å². The Bertz CT molecular complexity index is 304. The fourth-order valence-corrected chi connectivity index (χ4v) is 0.834. The molecule has 70 valence electrons. The second-order valence-corrected chi connectivity index (χ2v) is 3.56. The molecule has 0 atom stereocenters. The van der Waals surface area contributed by atoms with E-state index >= 15 is 0 Å². The Morgan fingerprint density at radius 2 is 2.08 bits per heavy atom. The van der Waals surface area contributed by atoms with Crippen molar-refractivity contribution in [1.82, 2.24) is 14.9 Å². The van der Waals surface area contributed by atoms with E-state index in [1.165, 1.54) is 0 Å². The summed E-state index contributed by atoms with van der Waals surface area (Å²) >= 11 is 3.21. The second kappa shape index (κ2) is 4.32. The van der Waals surface area contributed by atoms with E-state index in [2.05, 4.69) is 30.9 Å². The Balaban J connectivity index is 2.85. The van der Waals surface area contributed by atoms with Crippen LogP contribution < -0.4 is 0 Å². The summed E-state index contributed by atoms with van der Waals surface area (Å²) in [7, 11) is 3.87. The van der Waals surface area contributed by atoms with Crippen LogP contribution in [0.1, 0.15) is 6.92 Å². The molecule has 5 heteroatoms. The highest BCUT2D eigenvalue weighted by Gasteiger charge is 1.96. The molecule has 0 bridgehead atoms. The monoisotopic (exact) mass is 242 g/mol. The highest BCUT2D eigenvalue weighted by atomic mass is 79.9. The van der Waals surface area contributed by atoms with Gasteiger partial charge in [-0.15, -0.1) is 0 Å². The first-order valence-corrected chi connectivity index (χ1v) is 4.59. The second-order valence-electron chi connectivity index (χ2n) is 2.75. The van der Waals surface area contributed by atoms with Crippen LogP contribution in [0.3, 0.4) is 0 Å². The number of nitrogens with zero attached hydrogens (tertiary/aromatic N) is 4. The fourth-order valence-electron chi connectivity index (χ4n) is 0.629. The van der Waals surface area contributed by atoms with Crippen molar-refractivity contribution in [2.45, 2.75) is 6.92 Å². The van der Waals surface area contributed by atoms with Crippen LogP contribution in [0, 0.1) is 0 Å². The maximum Gasteiger partial charge on any atom is 0.172 e. The average Bonchev–Trinajstić information content (AvgIpc) is 2.08. The summed E-state index contributed by atoms with van der Waals surface area (Å²) in [6.45, 7) is 1.92. The summed E-state index contributed by atoms with van der Waals surface area (Å²) in [6, 6.07) is 0. The van der Waals surface area contributed by atoms with Gasteiger partial charge in [-0.25, -0.2) is 15.0 Å². The molecule has 1 aromatic heterocycles. The first kappa shape index (κ1) is 10.1. The third-order valence-electron chi connectivity index (χ3n) is 1.53. The van der Waals surface area contributed by atoms with Gasteiger partial charge in [0.2, 0.25) is 0 Å². The highest BCUT2D eigenvalue weighted by Crippen LogP contribution is 2.09. The van der Waals surface area contributed by atoms with E-state index in [4.69, 9.17) is 0 Å². The molecule has 0 N–H and O–H groups in total. The summed E-state index contributed by atoms with van der Waals surface area (Å²) in [4.78, 5) is 14.3. The number of aliphatic imine (C=N–C) groups is 1. The van der Waals surface area contributed by atoms with Crippen molar-refractivity contribution in [3.63, 3.8) is 0 Å². The molecule has 0 aliphatic rings. The predicted molar refractivity (Wildman–Crippen MR) is 56.2 cm³/mol. The van der Waals surface area contributed by atoms with Gasteiger partial charge in [0.1, 0.15) is 10.4 Å². The largest absolute Gasteiger partial charge is 0.366 e. The maximum absolute atomic E-state index is 4.25. The Morgan fingerprint density at radius 3 is 2.54 bits per heavy atom. The molecule has 0 radical (unpaired) electrons. The molecule has 0 aromatic carbocycles. The molecule has 1 heterocycles. The number of hydrogen-bond donors (Lipinski definition) is 0. The van der Waals surface area contributed by atoms with E-state index in [0.29, 0.717) is 10.4 Å². The molecular weight excluding hydrogens is 232 g/mol. The smallest absolute Gasteiger partial charge is 0.172 e. The Kier molecular flexibility index (Phi) is 3.36. The van der Waals surface area contributed by atoms with Crippen LogP contribution in [0.4, 0.5) is 5.82 Å². The van der Waals surface area contributed by atoms with E-state index in [-0.39, 0.29) is 0 Å². The average molecular weight is 243 g/mol. The van der Waals surface area contributed by atoms with E-state index in [0.717, 1.165) is 5.84 Å². The Morgan fingerprint density at radius 1 is 1.38 bits per heavy atom. The van der Waals surface area contributed by atoms with Crippen molar-refractivity contribution in [3.8, 4) is 0 Å². The van der Waals surface area contributed by atoms with Crippen molar-refractivity contribution in [1.29, 1.82) is 0 Å². The van der Waals surface area contributed by atoms with E-state index in [1.54, 1.807) is 12.4 Å². The SMILES string of the molecule is CC(=Nc1cnc(Br)cn1)N(C)C. The van der Waals surface area contributed by atoms with E-state index in [9.17, 15) is 0 Å². The van der Waals surface area contributed by atoms with Crippen molar-refractivity contribution in [2.75, 3.05) is 14.1 Å². The van der Waals surface area contributed by atoms with Crippen molar-refractivity contribution in [2.24, 2.45) is 4.99 Å². The lowest BCUT2D eigenvalue weighted by molar-refractivity contribution is 0.618. The lowest BCUT2D eigenvalue weighted by Crippen LogP contribution is -2.17. The predicted octanol–water partition coefficient (Wildman–Crippen LogP) is 1.85. The molecular formula is C8H11BrN4. The van der Waals surface area contributed by atoms with Crippen molar-refractivity contribution >= 4 is 27.6 Å². The molecule has 0 aliphatic heterocycles. The van der Waals surface area contributed by atoms with Gasteiger partial charge in [-0.05, 0) is 22.9 Å². The minimum absolute atomic E-state index is 0.620. The van der Waals surface area contributed by atoms with Gasteiger partial charge in [0, 0.05) is 14.1 Å². The summed E-state index contributed by atoms with van der Waals surface area (Å²) in [5, 5.41) is 0. The minimum atomic E-state index is 0.620. The number of amidine groups is 1. The molecule has 1 aromatic rings. The van der Waals surface area contributed by atoms with Gasteiger partial charge >= 0.3 is 0 Å².